The van der Waals surface area contributed by atoms with Crippen molar-refractivity contribution in [1.29, 1.82) is 0 Å². The minimum absolute atomic E-state index is 0.141. The topological polar surface area (TPSA) is 87.3 Å². The zero-order valence-electron chi connectivity index (χ0n) is 12.8. The number of rotatable bonds is 5. The first-order valence-electron chi connectivity index (χ1n) is 6.79. The molecule has 7 heteroatoms. The van der Waals surface area contributed by atoms with E-state index in [-0.39, 0.29) is 24.5 Å². The number of halogens is 1. The normalized spacial score (nSPS) is 10.7. The highest BCUT2D eigenvalue weighted by Crippen LogP contribution is 2.14. The van der Waals surface area contributed by atoms with E-state index in [1.165, 1.54) is 0 Å². The summed E-state index contributed by atoms with van der Waals surface area (Å²) in [5.41, 5.74) is -0.0671. The van der Waals surface area contributed by atoms with Crippen LogP contribution < -0.4 is 16.0 Å². The Balaban J connectivity index is 2.36. The van der Waals surface area contributed by atoms with Gasteiger partial charge in [-0.05, 0) is 32.9 Å². The Morgan fingerprint density at radius 1 is 1.00 bits per heavy atom. The van der Waals surface area contributed by atoms with Crippen molar-refractivity contribution < 1.29 is 14.4 Å². The molecule has 1 rings (SSSR count). The molecule has 0 radical (unpaired) electrons. The van der Waals surface area contributed by atoms with Crippen LogP contribution in [-0.4, -0.2) is 36.3 Å². The van der Waals surface area contributed by atoms with E-state index in [0.29, 0.717) is 10.6 Å². The molecule has 120 valence electrons. The van der Waals surface area contributed by atoms with E-state index in [4.69, 9.17) is 11.6 Å². The van der Waals surface area contributed by atoms with Crippen molar-refractivity contribution in [2.24, 2.45) is 0 Å². The Hall–Kier alpha value is -2.08. The standard InChI is InChI=1S/C15H20ClN3O3/c1-15(2,3)19-13(21)9-17-12(20)8-18-14(22)10-6-4-5-7-11(10)16/h4-7H,8-9H2,1-3H3,(H,17,20)(H,18,22)(H,19,21). The molecular weight excluding hydrogens is 306 g/mol. The van der Waals surface area contributed by atoms with Crippen LogP contribution in [-0.2, 0) is 9.59 Å². The van der Waals surface area contributed by atoms with Crippen LogP contribution in [0.25, 0.3) is 0 Å². The van der Waals surface area contributed by atoms with Gasteiger partial charge in [-0.3, -0.25) is 14.4 Å². The van der Waals surface area contributed by atoms with Crippen molar-refractivity contribution >= 4 is 29.3 Å². The van der Waals surface area contributed by atoms with Gasteiger partial charge < -0.3 is 16.0 Å². The van der Waals surface area contributed by atoms with Crippen LogP contribution in [0.15, 0.2) is 24.3 Å². The third-order valence-electron chi connectivity index (χ3n) is 2.49. The van der Waals surface area contributed by atoms with Crippen molar-refractivity contribution in [2.45, 2.75) is 26.3 Å². The van der Waals surface area contributed by atoms with Crippen molar-refractivity contribution in [2.75, 3.05) is 13.1 Å². The summed E-state index contributed by atoms with van der Waals surface area (Å²) in [6.45, 7) is 5.16. The fraction of sp³-hybridized carbons (Fsp3) is 0.400. The average Bonchev–Trinajstić information content (AvgIpc) is 2.41. The van der Waals surface area contributed by atoms with E-state index in [1.54, 1.807) is 24.3 Å². The summed E-state index contributed by atoms with van der Waals surface area (Å²) in [5, 5.41) is 7.90. The lowest BCUT2D eigenvalue weighted by molar-refractivity contribution is -0.126. The monoisotopic (exact) mass is 325 g/mol. The van der Waals surface area contributed by atoms with Crippen LogP contribution in [0.5, 0.6) is 0 Å². The van der Waals surface area contributed by atoms with Gasteiger partial charge in [0, 0.05) is 5.54 Å². The summed E-state index contributed by atoms with van der Waals surface area (Å²) < 4.78 is 0. The summed E-state index contributed by atoms with van der Waals surface area (Å²) in [4.78, 5) is 35.0. The lowest BCUT2D eigenvalue weighted by Gasteiger charge is -2.20. The lowest BCUT2D eigenvalue weighted by atomic mass is 10.1. The molecule has 1 aromatic carbocycles. The summed E-state index contributed by atoms with van der Waals surface area (Å²) in [6.07, 6.45) is 0. The molecule has 0 saturated carbocycles. The van der Waals surface area contributed by atoms with Crippen LogP contribution in [0.3, 0.4) is 0 Å². The quantitative estimate of drug-likeness (QED) is 0.757. The molecule has 0 aliphatic carbocycles. The maximum atomic E-state index is 11.8. The van der Waals surface area contributed by atoms with Gasteiger partial charge in [-0.25, -0.2) is 0 Å². The minimum Gasteiger partial charge on any atom is -0.350 e. The molecule has 0 saturated heterocycles. The smallest absolute Gasteiger partial charge is 0.253 e. The number of carbonyl (C=O) groups excluding carboxylic acids is 3. The predicted molar refractivity (Wildman–Crippen MR) is 84.7 cm³/mol. The second-order valence-corrected chi connectivity index (χ2v) is 6.14. The Morgan fingerprint density at radius 3 is 2.18 bits per heavy atom. The molecule has 0 atom stereocenters. The van der Waals surface area contributed by atoms with Crippen molar-refractivity contribution in [3.63, 3.8) is 0 Å². The molecule has 0 bridgehead atoms. The van der Waals surface area contributed by atoms with E-state index in [9.17, 15) is 14.4 Å². The van der Waals surface area contributed by atoms with Crippen LogP contribution in [0, 0.1) is 0 Å². The first-order valence-corrected chi connectivity index (χ1v) is 7.17. The van der Waals surface area contributed by atoms with E-state index in [0.717, 1.165) is 0 Å². The van der Waals surface area contributed by atoms with Crippen LogP contribution in [0.4, 0.5) is 0 Å². The predicted octanol–water partition coefficient (Wildman–Crippen LogP) is 1.10. The fourth-order valence-corrected chi connectivity index (χ4v) is 1.83. The number of nitrogens with one attached hydrogen (secondary N) is 3. The van der Waals surface area contributed by atoms with Gasteiger partial charge in [0.15, 0.2) is 0 Å². The maximum absolute atomic E-state index is 11.8. The highest BCUT2D eigenvalue weighted by atomic mass is 35.5. The summed E-state index contributed by atoms with van der Waals surface area (Å²) >= 11 is 5.88. The average molecular weight is 326 g/mol. The molecule has 0 heterocycles. The number of hydrogen-bond donors (Lipinski definition) is 3. The van der Waals surface area contributed by atoms with Crippen LogP contribution in [0.1, 0.15) is 31.1 Å². The first-order chi connectivity index (χ1) is 10.2. The van der Waals surface area contributed by atoms with Gasteiger partial charge >= 0.3 is 0 Å². The van der Waals surface area contributed by atoms with E-state index < -0.39 is 11.8 Å². The van der Waals surface area contributed by atoms with Gasteiger partial charge in [0.05, 0.1) is 23.7 Å². The van der Waals surface area contributed by atoms with Gasteiger partial charge in [0.1, 0.15) is 0 Å². The molecular formula is C15H20ClN3O3. The SMILES string of the molecule is CC(C)(C)NC(=O)CNC(=O)CNC(=O)c1ccccc1Cl. The van der Waals surface area contributed by atoms with Crippen LogP contribution >= 0.6 is 11.6 Å². The number of benzene rings is 1. The molecule has 6 nitrogen and oxygen atoms in total. The number of carbonyl (C=O) groups is 3. The number of amides is 3. The molecule has 0 spiro atoms. The largest absolute Gasteiger partial charge is 0.350 e. The van der Waals surface area contributed by atoms with Gasteiger partial charge in [-0.1, -0.05) is 23.7 Å². The first kappa shape index (κ1) is 18.0. The van der Waals surface area contributed by atoms with Gasteiger partial charge in [0.25, 0.3) is 5.91 Å². The van der Waals surface area contributed by atoms with Crippen molar-refractivity contribution in [3.05, 3.63) is 34.9 Å². The molecule has 0 aliphatic heterocycles. The second-order valence-electron chi connectivity index (χ2n) is 5.74. The Bertz CT molecular complexity index is 567. The summed E-state index contributed by atoms with van der Waals surface area (Å²) in [5.74, 6) is -1.19. The molecule has 0 unspecified atom stereocenters. The third-order valence-corrected chi connectivity index (χ3v) is 2.82. The second kappa shape index (κ2) is 7.79. The zero-order chi connectivity index (χ0) is 16.8. The Labute approximate surface area is 134 Å². The summed E-state index contributed by atoms with van der Waals surface area (Å²) in [6, 6.07) is 6.54. The Morgan fingerprint density at radius 2 is 1.59 bits per heavy atom. The van der Waals surface area contributed by atoms with Crippen molar-refractivity contribution in [3.8, 4) is 0 Å². The lowest BCUT2D eigenvalue weighted by Crippen LogP contribution is -2.47. The molecule has 22 heavy (non-hydrogen) atoms. The van der Waals surface area contributed by atoms with E-state index in [2.05, 4.69) is 16.0 Å². The van der Waals surface area contributed by atoms with Gasteiger partial charge in [-0.2, -0.15) is 0 Å². The summed E-state index contributed by atoms with van der Waals surface area (Å²) in [7, 11) is 0. The Kier molecular flexibility index (Phi) is 6.37. The molecule has 3 amide bonds. The fourth-order valence-electron chi connectivity index (χ4n) is 1.60. The maximum Gasteiger partial charge on any atom is 0.253 e. The molecule has 3 N–H and O–H groups in total. The zero-order valence-corrected chi connectivity index (χ0v) is 13.6. The van der Waals surface area contributed by atoms with Crippen molar-refractivity contribution in [1.82, 2.24) is 16.0 Å². The van der Waals surface area contributed by atoms with Crippen LogP contribution in [0.2, 0.25) is 5.02 Å². The minimum atomic E-state index is -0.454. The highest BCUT2D eigenvalue weighted by Gasteiger charge is 2.15. The van der Waals surface area contributed by atoms with Gasteiger partial charge in [0.2, 0.25) is 11.8 Å². The molecule has 0 aliphatic rings. The third kappa shape index (κ3) is 6.58. The van der Waals surface area contributed by atoms with E-state index >= 15 is 0 Å². The van der Waals surface area contributed by atoms with E-state index in [1.807, 2.05) is 20.8 Å². The molecule has 0 aromatic heterocycles. The van der Waals surface area contributed by atoms with Gasteiger partial charge in [-0.15, -0.1) is 0 Å². The highest BCUT2D eigenvalue weighted by molar-refractivity contribution is 6.33. The molecule has 0 fully saturated rings. The number of hydrogen-bond acceptors (Lipinski definition) is 3. The molecule has 1 aromatic rings.